The summed E-state index contributed by atoms with van der Waals surface area (Å²) < 4.78 is 7.30. The number of pyridine rings is 1. The fourth-order valence-electron chi connectivity index (χ4n) is 2.97. The monoisotopic (exact) mass is 379 g/mol. The van der Waals surface area contributed by atoms with Crippen LogP contribution < -0.4 is 4.74 Å². The van der Waals surface area contributed by atoms with Gasteiger partial charge in [-0.05, 0) is 29.9 Å². The maximum Gasteiger partial charge on any atom is 0.338 e. The molecule has 6 nitrogen and oxygen atoms in total. The molecule has 26 heavy (non-hydrogen) atoms. The van der Waals surface area contributed by atoms with Crippen molar-refractivity contribution < 1.29 is 14.6 Å². The number of carboxylic acids is 1. The van der Waals surface area contributed by atoms with E-state index in [1.807, 2.05) is 0 Å². The van der Waals surface area contributed by atoms with Crippen LogP contribution in [0.25, 0.3) is 5.82 Å². The fourth-order valence-corrected chi connectivity index (χ4v) is 3.20. The molecule has 2 heterocycles. The Hall–Kier alpha value is -2.08. The highest BCUT2D eigenvalue weighted by atomic mass is 35.5. The van der Waals surface area contributed by atoms with E-state index in [0.29, 0.717) is 29.6 Å². The molecule has 0 saturated carbocycles. The topological polar surface area (TPSA) is 77.2 Å². The molecular formula is C19H26ClN3O3. The Labute approximate surface area is 159 Å². The molecule has 0 spiro atoms. The van der Waals surface area contributed by atoms with Crippen molar-refractivity contribution in [1.29, 1.82) is 0 Å². The Morgan fingerprint density at radius 1 is 1.35 bits per heavy atom. The van der Waals surface area contributed by atoms with Crippen molar-refractivity contribution in [2.75, 3.05) is 6.61 Å². The summed E-state index contributed by atoms with van der Waals surface area (Å²) in [7, 11) is 0. The summed E-state index contributed by atoms with van der Waals surface area (Å²) in [4.78, 5) is 15.1. The van der Waals surface area contributed by atoms with E-state index in [-0.39, 0.29) is 10.7 Å². The van der Waals surface area contributed by atoms with Crippen LogP contribution in [-0.2, 0) is 0 Å². The van der Waals surface area contributed by atoms with Crippen LogP contribution in [0.4, 0.5) is 0 Å². The molecule has 0 radical (unpaired) electrons. The minimum Gasteiger partial charge on any atom is -0.478 e. The first-order valence-corrected chi connectivity index (χ1v) is 9.25. The second-order valence-corrected chi connectivity index (χ2v) is 7.35. The van der Waals surface area contributed by atoms with Gasteiger partial charge < -0.3 is 9.84 Å². The van der Waals surface area contributed by atoms with E-state index in [1.54, 1.807) is 18.3 Å². The lowest BCUT2D eigenvalue weighted by molar-refractivity contribution is 0.0696. The Morgan fingerprint density at radius 2 is 2.08 bits per heavy atom. The number of aromatic carboxylic acids is 1. The minimum atomic E-state index is -1.11. The van der Waals surface area contributed by atoms with E-state index in [2.05, 4.69) is 37.8 Å². The molecule has 0 aliphatic carbocycles. The van der Waals surface area contributed by atoms with Gasteiger partial charge in [-0.1, -0.05) is 52.1 Å². The van der Waals surface area contributed by atoms with E-state index >= 15 is 0 Å². The van der Waals surface area contributed by atoms with Crippen molar-refractivity contribution in [1.82, 2.24) is 14.8 Å². The fraction of sp³-hybridized carbons (Fsp3) is 0.526. The Bertz CT molecular complexity index is 758. The van der Waals surface area contributed by atoms with Crippen LogP contribution in [0.2, 0.25) is 5.15 Å². The van der Waals surface area contributed by atoms with Crippen LogP contribution in [0.1, 0.15) is 57.3 Å². The summed E-state index contributed by atoms with van der Waals surface area (Å²) in [6, 6.07) is 4.73. The van der Waals surface area contributed by atoms with Gasteiger partial charge in [0.15, 0.2) is 5.82 Å². The molecule has 7 heteroatoms. The average molecular weight is 380 g/mol. The smallest absolute Gasteiger partial charge is 0.338 e. The zero-order valence-electron chi connectivity index (χ0n) is 15.7. The minimum absolute atomic E-state index is 0.0387. The molecule has 0 amide bonds. The van der Waals surface area contributed by atoms with Crippen molar-refractivity contribution in [2.24, 2.45) is 11.3 Å². The van der Waals surface area contributed by atoms with Gasteiger partial charge >= 0.3 is 5.97 Å². The lowest BCUT2D eigenvalue weighted by atomic mass is 9.74. The van der Waals surface area contributed by atoms with Gasteiger partial charge in [-0.15, -0.1) is 5.10 Å². The van der Waals surface area contributed by atoms with Crippen molar-refractivity contribution in [3.63, 3.8) is 0 Å². The number of aromatic nitrogens is 3. The first kappa shape index (κ1) is 20.2. The first-order chi connectivity index (χ1) is 12.3. The number of halogens is 1. The molecule has 0 fully saturated rings. The molecule has 2 rings (SSSR count). The first-order valence-electron chi connectivity index (χ1n) is 8.87. The van der Waals surface area contributed by atoms with Crippen LogP contribution in [0.5, 0.6) is 5.88 Å². The highest BCUT2D eigenvalue weighted by molar-refractivity contribution is 6.32. The third kappa shape index (κ3) is 4.75. The lowest BCUT2D eigenvalue weighted by Crippen LogP contribution is -2.24. The Balaban J connectivity index is 2.00. The molecule has 0 aliphatic heterocycles. The van der Waals surface area contributed by atoms with Gasteiger partial charge in [-0.25, -0.2) is 14.5 Å². The van der Waals surface area contributed by atoms with Gasteiger partial charge in [0.25, 0.3) is 0 Å². The molecule has 0 aliphatic rings. The largest absolute Gasteiger partial charge is 0.478 e. The third-order valence-corrected chi connectivity index (χ3v) is 5.38. The van der Waals surface area contributed by atoms with Gasteiger partial charge in [0.1, 0.15) is 5.15 Å². The summed E-state index contributed by atoms with van der Waals surface area (Å²) in [6.07, 6.45) is 4.94. The van der Waals surface area contributed by atoms with E-state index in [9.17, 15) is 4.79 Å². The number of ether oxygens (including phenoxy) is 1. The highest BCUT2D eigenvalue weighted by Gasteiger charge is 2.26. The van der Waals surface area contributed by atoms with Crippen LogP contribution in [0.3, 0.4) is 0 Å². The van der Waals surface area contributed by atoms with Gasteiger partial charge in [-0.2, -0.15) is 0 Å². The Morgan fingerprint density at radius 3 is 2.65 bits per heavy atom. The van der Waals surface area contributed by atoms with Crippen LogP contribution in [-0.4, -0.2) is 32.4 Å². The zero-order valence-corrected chi connectivity index (χ0v) is 16.5. The highest BCUT2D eigenvalue weighted by Crippen LogP contribution is 2.35. The van der Waals surface area contributed by atoms with E-state index in [4.69, 9.17) is 21.4 Å². The van der Waals surface area contributed by atoms with Crippen LogP contribution in [0, 0.1) is 11.3 Å². The molecule has 1 atom stereocenters. The summed E-state index contributed by atoms with van der Waals surface area (Å²) in [5.74, 6) is 0.431. The third-order valence-electron chi connectivity index (χ3n) is 5.09. The second-order valence-electron chi connectivity index (χ2n) is 7.00. The van der Waals surface area contributed by atoms with Gasteiger partial charge in [-0.3, -0.25) is 0 Å². The summed E-state index contributed by atoms with van der Waals surface area (Å²) >= 11 is 5.91. The summed E-state index contributed by atoms with van der Waals surface area (Å²) in [6.45, 7) is 9.63. The molecular weight excluding hydrogens is 354 g/mol. The van der Waals surface area contributed by atoms with Gasteiger partial charge in [0.05, 0.1) is 12.2 Å². The van der Waals surface area contributed by atoms with E-state index in [0.717, 1.165) is 19.3 Å². The van der Waals surface area contributed by atoms with E-state index in [1.165, 1.54) is 10.7 Å². The van der Waals surface area contributed by atoms with Crippen molar-refractivity contribution in [2.45, 2.75) is 47.0 Å². The summed E-state index contributed by atoms with van der Waals surface area (Å²) in [5.41, 5.74) is 0.257. The molecule has 0 bridgehead atoms. The zero-order chi connectivity index (χ0) is 19.3. The number of hydrogen-bond acceptors (Lipinski definition) is 4. The normalized spacial score (nSPS) is 12.8. The number of rotatable bonds is 9. The molecule has 142 valence electrons. The number of hydrogen-bond donors (Lipinski definition) is 1. The maximum absolute atomic E-state index is 11.0. The molecule has 1 unspecified atom stereocenters. The van der Waals surface area contributed by atoms with Gasteiger partial charge in [0, 0.05) is 12.3 Å². The Kier molecular flexibility index (Phi) is 6.64. The van der Waals surface area contributed by atoms with Crippen LogP contribution in [0.15, 0.2) is 24.4 Å². The average Bonchev–Trinajstić information content (AvgIpc) is 3.07. The predicted octanol–water partition coefficient (Wildman–Crippen LogP) is 4.85. The number of carbonyl (C=O) groups is 1. The van der Waals surface area contributed by atoms with Crippen molar-refractivity contribution in [3.05, 3.63) is 35.1 Å². The second kappa shape index (κ2) is 8.54. The van der Waals surface area contributed by atoms with Crippen molar-refractivity contribution in [3.8, 4) is 11.7 Å². The predicted molar refractivity (Wildman–Crippen MR) is 101 cm³/mol. The molecule has 0 saturated heterocycles. The molecule has 0 aromatic carbocycles. The number of carboxylic acid groups (broad SMARTS) is 1. The summed E-state index contributed by atoms with van der Waals surface area (Å²) in [5, 5.41) is 13.3. The molecule has 2 aromatic rings. The molecule has 2 aromatic heterocycles. The lowest BCUT2D eigenvalue weighted by Gasteiger charge is -2.32. The maximum atomic E-state index is 11.0. The molecule has 1 N–H and O–H groups in total. The number of nitrogens with zero attached hydrogens (tertiary/aromatic N) is 3. The SMILES string of the molecule is CCC(CCOc1ccn(-c2ccc(C(=O)O)c(Cl)n2)n1)C(C)(C)CC. The quantitative estimate of drug-likeness (QED) is 0.630. The van der Waals surface area contributed by atoms with Crippen LogP contribution >= 0.6 is 11.6 Å². The standard InChI is InChI=1S/C19H26ClN3O3/c1-5-13(19(3,4)6-2)10-12-26-16-9-11-23(22-16)15-8-7-14(18(24)25)17(20)21-15/h7-9,11,13H,5-6,10,12H2,1-4H3,(H,24,25). The van der Waals surface area contributed by atoms with Gasteiger partial charge in [0.2, 0.25) is 5.88 Å². The van der Waals surface area contributed by atoms with E-state index < -0.39 is 5.97 Å². The van der Waals surface area contributed by atoms with Crippen molar-refractivity contribution >= 4 is 17.6 Å².